The summed E-state index contributed by atoms with van der Waals surface area (Å²) in [7, 11) is 2.00. The molecule has 1 rings (SSSR count). The first kappa shape index (κ1) is 15.7. The van der Waals surface area contributed by atoms with Gasteiger partial charge in [-0.25, -0.2) is 0 Å². The van der Waals surface area contributed by atoms with Gasteiger partial charge in [-0.3, -0.25) is 9.69 Å². The van der Waals surface area contributed by atoms with Crippen molar-refractivity contribution < 1.29 is 4.79 Å². The van der Waals surface area contributed by atoms with Crippen molar-refractivity contribution in [3.8, 4) is 0 Å². The highest BCUT2D eigenvalue weighted by Gasteiger charge is 2.22. The molecule has 3 nitrogen and oxygen atoms in total. The van der Waals surface area contributed by atoms with Gasteiger partial charge in [0.1, 0.15) is 0 Å². The van der Waals surface area contributed by atoms with Crippen LogP contribution >= 0.6 is 0 Å². The summed E-state index contributed by atoms with van der Waals surface area (Å²) in [4.78, 5) is 14.6. The Morgan fingerprint density at radius 3 is 2.32 bits per heavy atom. The summed E-state index contributed by atoms with van der Waals surface area (Å²) in [6.45, 7) is 9.13. The number of rotatable bonds is 6. The quantitative estimate of drug-likeness (QED) is 0.852. The molecule has 1 aromatic rings. The van der Waals surface area contributed by atoms with Gasteiger partial charge in [-0.15, -0.1) is 0 Å². The lowest BCUT2D eigenvalue weighted by Gasteiger charge is -2.26. The van der Waals surface area contributed by atoms with E-state index in [0.29, 0.717) is 0 Å². The Morgan fingerprint density at radius 2 is 1.84 bits per heavy atom. The van der Waals surface area contributed by atoms with Gasteiger partial charge < -0.3 is 5.32 Å². The average Bonchev–Trinajstić information content (AvgIpc) is 2.39. The Labute approximate surface area is 117 Å². The van der Waals surface area contributed by atoms with E-state index in [1.165, 1.54) is 0 Å². The van der Waals surface area contributed by atoms with Crippen molar-refractivity contribution in [2.24, 2.45) is 0 Å². The second-order valence-electron chi connectivity index (χ2n) is 5.13. The summed E-state index contributed by atoms with van der Waals surface area (Å²) in [5, 5.41) is 3.10. The minimum Gasteiger partial charge on any atom is -0.324 e. The average molecular weight is 262 g/mol. The highest BCUT2D eigenvalue weighted by atomic mass is 16.2. The van der Waals surface area contributed by atoms with Gasteiger partial charge in [0, 0.05) is 5.69 Å². The molecular formula is C16H26N2O. The van der Waals surface area contributed by atoms with E-state index in [-0.39, 0.29) is 11.9 Å². The number of carbonyl (C=O) groups is 1. The Hall–Kier alpha value is -1.35. The predicted octanol–water partition coefficient (Wildman–Crippen LogP) is 3.36. The Balaban J connectivity index is 2.87. The summed E-state index contributed by atoms with van der Waals surface area (Å²) >= 11 is 0. The van der Waals surface area contributed by atoms with E-state index < -0.39 is 0 Å². The van der Waals surface area contributed by atoms with Crippen LogP contribution in [0.25, 0.3) is 0 Å². The largest absolute Gasteiger partial charge is 0.324 e. The molecule has 0 aliphatic heterocycles. The number of aryl methyl sites for hydroxylation is 2. The minimum absolute atomic E-state index is 0.0472. The number of para-hydroxylation sites is 1. The van der Waals surface area contributed by atoms with Gasteiger partial charge in [-0.05, 0) is 45.0 Å². The number of amides is 1. The second-order valence-corrected chi connectivity index (χ2v) is 5.13. The van der Waals surface area contributed by atoms with Crippen LogP contribution in [0.15, 0.2) is 18.2 Å². The second kappa shape index (κ2) is 7.29. The molecule has 0 saturated carbocycles. The zero-order valence-corrected chi connectivity index (χ0v) is 12.8. The first-order chi connectivity index (χ1) is 9.01. The number of anilines is 1. The van der Waals surface area contributed by atoms with Crippen molar-refractivity contribution in [2.45, 2.75) is 46.6 Å². The molecule has 106 valence electrons. The number of hydrogen-bond acceptors (Lipinski definition) is 2. The highest BCUT2D eigenvalue weighted by molar-refractivity contribution is 5.96. The molecule has 0 heterocycles. The third-order valence-corrected chi connectivity index (χ3v) is 3.62. The van der Waals surface area contributed by atoms with Gasteiger partial charge in [0.15, 0.2) is 0 Å². The van der Waals surface area contributed by atoms with Crippen LogP contribution in [-0.4, -0.2) is 30.4 Å². The number of likely N-dealkylation sites (N-methyl/N-ethyl adjacent to an activating group) is 1. The molecule has 0 saturated heterocycles. The van der Waals surface area contributed by atoms with Gasteiger partial charge in [-0.1, -0.05) is 38.5 Å². The van der Waals surface area contributed by atoms with E-state index in [4.69, 9.17) is 0 Å². The van der Waals surface area contributed by atoms with Crippen molar-refractivity contribution in [3.63, 3.8) is 0 Å². The lowest BCUT2D eigenvalue weighted by Crippen LogP contribution is -2.41. The molecule has 0 bridgehead atoms. The van der Waals surface area contributed by atoms with Crippen molar-refractivity contribution in [1.82, 2.24) is 4.90 Å². The van der Waals surface area contributed by atoms with E-state index in [1.807, 2.05) is 39.1 Å². The molecule has 0 radical (unpaired) electrons. The Bertz CT molecular complexity index is 409. The molecule has 3 heteroatoms. The van der Waals surface area contributed by atoms with Crippen LogP contribution in [0.2, 0.25) is 0 Å². The van der Waals surface area contributed by atoms with E-state index in [2.05, 4.69) is 24.1 Å². The molecule has 1 atom stereocenters. The number of carbonyl (C=O) groups excluding carboxylic acids is 1. The minimum atomic E-state index is -0.0472. The molecule has 1 N–H and O–H groups in total. The summed E-state index contributed by atoms with van der Waals surface area (Å²) in [5.74, 6) is 0.101. The maximum Gasteiger partial charge on any atom is 0.241 e. The SMILES string of the molecule is CCCC(C(=O)Nc1c(C)cccc1C)N(C)CC. The van der Waals surface area contributed by atoms with Crippen molar-refractivity contribution in [2.75, 3.05) is 18.9 Å². The fraction of sp³-hybridized carbons (Fsp3) is 0.562. The standard InChI is InChI=1S/C16H26N2O/c1-6-9-14(18(5)7-2)16(19)17-15-12(3)10-8-11-13(15)4/h8,10-11,14H,6-7,9H2,1-5H3,(H,17,19). The molecular weight excluding hydrogens is 236 g/mol. The van der Waals surface area contributed by atoms with Crippen LogP contribution in [0, 0.1) is 13.8 Å². The van der Waals surface area contributed by atoms with E-state index in [9.17, 15) is 4.79 Å². The zero-order valence-electron chi connectivity index (χ0n) is 12.8. The number of hydrogen-bond donors (Lipinski definition) is 1. The monoisotopic (exact) mass is 262 g/mol. The lowest BCUT2D eigenvalue weighted by molar-refractivity contribution is -0.121. The first-order valence-corrected chi connectivity index (χ1v) is 7.08. The molecule has 0 aromatic heterocycles. The number of benzene rings is 1. The van der Waals surface area contributed by atoms with E-state index >= 15 is 0 Å². The van der Waals surface area contributed by atoms with Crippen molar-refractivity contribution in [1.29, 1.82) is 0 Å². The van der Waals surface area contributed by atoms with Crippen molar-refractivity contribution in [3.05, 3.63) is 29.3 Å². The molecule has 1 aromatic carbocycles. The first-order valence-electron chi connectivity index (χ1n) is 7.08. The smallest absolute Gasteiger partial charge is 0.241 e. The normalized spacial score (nSPS) is 12.5. The maximum absolute atomic E-state index is 12.5. The van der Waals surface area contributed by atoms with E-state index in [1.54, 1.807) is 0 Å². The third kappa shape index (κ3) is 4.06. The lowest BCUT2D eigenvalue weighted by atomic mass is 10.1. The fourth-order valence-electron chi connectivity index (χ4n) is 2.26. The summed E-state index contributed by atoms with van der Waals surface area (Å²) in [6.07, 6.45) is 1.90. The van der Waals surface area contributed by atoms with Gasteiger partial charge in [0.25, 0.3) is 0 Å². The van der Waals surface area contributed by atoms with Crippen LogP contribution in [0.5, 0.6) is 0 Å². The summed E-state index contributed by atoms with van der Waals surface area (Å²) in [6, 6.07) is 6.03. The predicted molar refractivity (Wildman–Crippen MR) is 81.5 cm³/mol. The van der Waals surface area contributed by atoms with Crippen LogP contribution < -0.4 is 5.32 Å². The van der Waals surface area contributed by atoms with Gasteiger partial charge in [0.05, 0.1) is 6.04 Å². The topological polar surface area (TPSA) is 32.3 Å². The summed E-state index contributed by atoms with van der Waals surface area (Å²) < 4.78 is 0. The molecule has 0 aliphatic rings. The van der Waals surface area contributed by atoms with Gasteiger partial charge in [-0.2, -0.15) is 0 Å². The van der Waals surface area contributed by atoms with Crippen LogP contribution in [-0.2, 0) is 4.79 Å². The van der Waals surface area contributed by atoms with Gasteiger partial charge in [0.2, 0.25) is 5.91 Å². The number of nitrogens with zero attached hydrogens (tertiary/aromatic N) is 1. The van der Waals surface area contributed by atoms with Gasteiger partial charge >= 0.3 is 0 Å². The molecule has 1 amide bonds. The summed E-state index contributed by atoms with van der Waals surface area (Å²) in [5.41, 5.74) is 3.18. The molecule has 0 fully saturated rings. The van der Waals surface area contributed by atoms with Crippen LogP contribution in [0.3, 0.4) is 0 Å². The Morgan fingerprint density at radius 1 is 1.26 bits per heavy atom. The Kier molecular flexibility index (Phi) is 6.03. The molecule has 0 aliphatic carbocycles. The van der Waals surface area contributed by atoms with Crippen molar-refractivity contribution >= 4 is 11.6 Å². The molecule has 1 unspecified atom stereocenters. The maximum atomic E-state index is 12.5. The fourth-order valence-corrected chi connectivity index (χ4v) is 2.26. The number of nitrogens with one attached hydrogen (secondary N) is 1. The molecule has 0 spiro atoms. The molecule has 19 heavy (non-hydrogen) atoms. The van der Waals surface area contributed by atoms with E-state index in [0.717, 1.165) is 36.2 Å². The van der Waals surface area contributed by atoms with Crippen LogP contribution in [0.4, 0.5) is 5.69 Å². The third-order valence-electron chi connectivity index (χ3n) is 3.62. The van der Waals surface area contributed by atoms with Crippen LogP contribution in [0.1, 0.15) is 37.8 Å². The highest BCUT2D eigenvalue weighted by Crippen LogP contribution is 2.20. The zero-order chi connectivity index (χ0) is 14.4.